The number of aryl methyl sites for hydroxylation is 2. The van der Waals surface area contributed by atoms with E-state index < -0.39 is 23.4 Å². The van der Waals surface area contributed by atoms with Crippen molar-refractivity contribution >= 4 is 28.8 Å². The highest BCUT2D eigenvalue weighted by molar-refractivity contribution is 6.46. The lowest BCUT2D eigenvalue weighted by molar-refractivity contribution is -0.120. The van der Waals surface area contributed by atoms with E-state index in [0.29, 0.717) is 42.0 Å². The highest BCUT2D eigenvalue weighted by Crippen LogP contribution is 2.37. The van der Waals surface area contributed by atoms with E-state index in [2.05, 4.69) is 5.32 Å². The van der Waals surface area contributed by atoms with Crippen molar-refractivity contribution in [2.45, 2.75) is 13.8 Å². The highest BCUT2D eigenvalue weighted by atomic mass is 19.1. The van der Waals surface area contributed by atoms with Crippen LogP contribution in [0.5, 0.6) is 11.5 Å². The number of nitrogens with one attached hydrogen (secondary N) is 1. The lowest BCUT2D eigenvalue weighted by atomic mass is 9.99. The molecule has 172 valence electrons. The molecule has 0 saturated carbocycles. The van der Waals surface area contributed by atoms with Crippen molar-refractivity contribution in [3.8, 4) is 11.5 Å². The molecule has 3 aromatic carbocycles. The zero-order valence-corrected chi connectivity index (χ0v) is 18.4. The van der Waals surface area contributed by atoms with Crippen molar-refractivity contribution in [2.75, 3.05) is 23.4 Å². The molecule has 0 saturated heterocycles. The molecule has 1 N–H and O–H groups in total. The Labute approximate surface area is 194 Å². The first-order valence-electron chi connectivity index (χ1n) is 10.7. The van der Waals surface area contributed by atoms with Crippen molar-refractivity contribution in [2.24, 2.45) is 0 Å². The maximum Gasteiger partial charge on any atom is 0.282 e. The molecule has 5 rings (SSSR count). The SMILES string of the molecule is Cc1ccc(C2=C(Nc3ccc4c(c3)OCCO4)C(=O)N(c3ccc(F)cc3F)C2=O)cc1C. The lowest BCUT2D eigenvalue weighted by Crippen LogP contribution is -2.33. The summed E-state index contributed by atoms with van der Waals surface area (Å²) in [7, 11) is 0. The first-order chi connectivity index (χ1) is 16.3. The number of anilines is 2. The van der Waals surface area contributed by atoms with Gasteiger partial charge in [-0.1, -0.05) is 18.2 Å². The summed E-state index contributed by atoms with van der Waals surface area (Å²) in [4.78, 5) is 27.7. The number of ether oxygens (including phenoxy) is 2. The van der Waals surface area contributed by atoms with Gasteiger partial charge in [0.25, 0.3) is 11.8 Å². The molecule has 0 aliphatic carbocycles. The Morgan fingerprint density at radius 2 is 1.59 bits per heavy atom. The fourth-order valence-electron chi connectivity index (χ4n) is 3.96. The summed E-state index contributed by atoms with van der Waals surface area (Å²) >= 11 is 0. The molecule has 2 amide bonds. The van der Waals surface area contributed by atoms with Gasteiger partial charge in [-0.25, -0.2) is 13.7 Å². The minimum absolute atomic E-state index is 0.0198. The zero-order chi connectivity index (χ0) is 24.0. The molecule has 34 heavy (non-hydrogen) atoms. The molecule has 0 atom stereocenters. The second-order valence-corrected chi connectivity index (χ2v) is 8.07. The van der Waals surface area contributed by atoms with Gasteiger partial charge in [-0.3, -0.25) is 9.59 Å². The predicted molar refractivity (Wildman–Crippen MR) is 123 cm³/mol. The van der Waals surface area contributed by atoms with Gasteiger partial charge in [-0.2, -0.15) is 0 Å². The van der Waals surface area contributed by atoms with E-state index in [1.807, 2.05) is 19.9 Å². The molecule has 0 unspecified atom stereocenters. The molecule has 2 aliphatic heterocycles. The summed E-state index contributed by atoms with van der Waals surface area (Å²) in [6.45, 7) is 4.66. The first kappa shape index (κ1) is 21.6. The number of nitrogens with zero attached hydrogens (tertiary/aromatic N) is 1. The van der Waals surface area contributed by atoms with Crippen LogP contribution in [0.15, 0.2) is 60.3 Å². The molecule has 2 aliphatic rings. The van der Waals surface area contributed by atoms with Crippen LogP contribution >= 0.6 is 0 Å². The minimum atomic E-state index is -1.01. The van der Waals surface area contributed by atoms with E-state index >= 15 is 0 Å². The maximum absolute atomic E-state index is 14.6. The molecule has 0 bridgehead atoms. The average molecular weight is 462 g/mol. The van der Waals surface area contributed by atoms with Gasteiger partial charge in [-0.15, -0.1) is 0 Å². The topological polar surface area (TPSA) is 67.9 Å². The third-order valence-electron chi connectivity index (χ3n) is 5.84. The maximum atomic E-state index is 14.6. The Hall–Kier alpha value is -4.20. The molecule has 2 heterocycles. The number of benzene rings is 3. The first-order valence-corrected chi connectivity index (χ1v) is 10.7. The van der Waals surface area contributed by atoms with Crippen LogP contribution in [0.3, 0.4) is 0 Å². The molecular formula is C26H20F2N2O4. The van der Waals surface area contributed by atoms with Gasteiger partial charge >= 0.3 is 0 Å². The average Bonchev–Trinajstić information content (AvgIpc) is 3.05. The van der Waals surface area contributed by atoms with E-state index in [1.165, 1.54) is 0 Å². The van der Waals surface area contributed by atoms with Gasteiger partial charge in [-0.05, 0) is 54.8 Å². The number of hydrogen-bond donors (Lipinski definition) is 1. The van der Waals surface area contributed by atoms with Crippen LogP contribution in [-0.2, 0) is 9.59 Å². The fraction of sp³-hybridized carbons (Fsp3) is 0.154. The Bertz CT molecular complexity index is 1380. The van der Waals surface area contributed by atoms with Crippen molar-refractivity contribution in [3.05, 3.63) is 88.6 Å². The number of carbonyl (C=O) groups is 2. The molecule has 0 fully saturated rings. The van der Waals surface area contributed by atoms with Gasteiger partial charge in [0, 0.05) is 17.8 Å². The molecule has 0 aromatic heterocycles. The molecular weight excluding hydrogens is 442 g/mol. The van der Waals surface area contributed by atoms with E-state index in [0.717, 1.165) is 28.2 Å². The second-order valence-electron chi connectivity index (χ2n) is 8.07. The van der Waals surface area contributed by atoms with E-state index in [-0.39, 0.29) is 17.0 Å². The van der Waals surface area contributed by atoms with E-state index in [9.17, 15) is 18.4 Å². The van der Waals surface area contributed by atoms with E-state index in [1.54, 1.807) is 30.3 Å². The lowest BCUT2D eigenvalue weighted by Gasteiger charge is -2.19. The van der Waals surface area contributed by atoms with Crippen LogP contribution in [0, 0.1) is 25.5 Å². The van der Waals surface area contributed by atoms with Gasteiger partial charge in [0.15, 0.2) is 11.5 Å². The highest BCUT2D eigenvalue weighted by Gasteiger charge is 2.41. The minimum Gasteiger partial charge on any atom is -0.486 e. The normalized spacial score (nSPS) is 15.2. The van der Waals surface area contributed by atoms with Crippen LogP contribution in [0.2, 0.25) is 0 Å². The largest absolute Gasteiger partial charge is 0.486 e. The molecule has 3 aromatic rings. The summed E-state index contributed by atoms with van der Waals surface area (Å²) in [6, 6.07) is 13.1. The fourth-order valence-corrected chi connectivity index (χ4v) is 3.96. The number of carbonyl (C=O) groups excluding carboxylic acids is 2. The number of fused-ring (bicyclic) bond motifs is 1. The van der Waals surface area contributed by atoms with Crippen LogP contribution in [0.25, 0.3) is 5.57 Å². The van der Waals surface area contributed by atoms with Crippen LogP contribution < -0.4 is 19.7 Å². The Kier molecular flexibility index (Phi) is 5.28. The quantitative estimate of drug-likeness (QED) is 0.567. The summed E-state index contributed by atoms with van der Waals surface area (Å²) in [5, 5.41) is 3.02. The van der Waals surface area contributed by atoms with Crippen molar-refractivity contribution in [3.63, 3.8) is 0 Å². The number of hydrogen-bond acceptors (Lipinski definition) is 5. The van der Waals surface area contributed by atoms with Crippen molar-refractivity contribution in [1.29, 1.82) is 0 Å². The third kappa shape index (κ3) is 3.67. The standard InChI is InChI=1S/C26H20F2N2O4/c1-14-3-4-16(11-15(14)2)23-24(29-18-6-8-21-22(13-18)34-10-9-33-21)26(32)30(25(23)31)20-7-5-17(27)12-19(20)28/h3-8,11-13,29H,9-10H2,1-2H3. The summed E-state index contributed by atoms with van der Waals surface area (Å²) in [5.74, 6) is -2.21. The monoisotopic (exact) mass is 462 g/mol. The van der Waals surface area contributed by atoms with Crippen molar-refractivity contribution in [1.82, 2.24) is 0 Å². The Balaban J connectivity index is 1.62. The van der Waals surface area contributed by atoms with Gasteiger partial charge in [0.05, 0.1) is 11.3 Å². The van der Waals surface area contributed by atoms with Crippen LogP contribution in [0.1, 0.15) is 16.7 Å². The Morgan fingerprint density at radius 3 is 2.32 bits per heavy atom. The predicted octanol–water partition coefficient (Wildman–Crippen LogP) is 4.75. The third-order valence-corrected chi connectivity index (χ3v) is 5.84. The summed E-state index contributed by atoms with van der Waals surface area (Å²) in [5.41, 5.74) is 2.69. The number of halogens is 2. The van der Waals surface area contributed by atoms with Crippen molar-refractivity contribution < 1.29 is 27.8 Å². The van der Waals surface area contributed by atoms with Gasteiger partial charge in [0.2, 0.25) is 0 Å². The number of amides is 2. The second kappa shape index (κ2) is 8.30. The number of rotatable bonds is 4. The Morgan fingerprint density at radius 1 is 0.824 bits per heavy atom. The molecule has 0 spiro atoms. The van der Waals surface area contributed by atoms with Gasteiger partial charge < -0.3 is 14.8 Å². The number of imide groups is 1. The smallest absolute Gasteiger partial charge is 0.282 e. The summed E-state index contributed by atoms with van der Waals surface area (Å²) in [6.07, 6.45) is 0. The van der Waals surface area contributed by atoms with Gasteiger partial charge in [0.1, 0.15) is 30.5 Å². The van der Waals surface area contributed by atoms with Crippen LogP contribution in [-0.4, -0.2) is 25.0 Å². The van der Waals surface area contributed by atoms with Crippen LogP contribution in [0.4, 0.5) is 20.2 Å². The van der Waals surface area contributed by atoms with E-state index in [4.69, 9.17) is 9.47 Å². The zero-order valence-electron chi connectivity index (χ0n) is 18.4. The molecule has 8 heteroatoms. The molecule has 6 nitrogen and oxygen atoms in total. The molecule has 0 radical (unpaired) electrons. The summed E-state index contributed by atoms with van der Waals surface area (Å²) < 4.78 is 39.2.